The van der Waals surface area contributed by atoms with Gasteiger partial charge >= 0.3 is 0 Å². The molecule has 1 aliphatic heterocycles. The molecule has 0 bridgehead atoms. The highest BCUT2D eigenvalue weighted by molar-refractivity contribution is 5.71. The third kappa shape index (κ3) is 2.09. The van der Waals surface area contributed by atoms with Crippen LogP contribution in [0.2, 0.25) is 0 Å². The number of nitrogens with zero attached hydrogens (tertiary/aromatic N) is 3. The minimum atomic E-state index is 0.709. The Morgan fingerprint density at radius 1 is 1.18 bits per heavy atom. The monoisotopic (exact) mass is 232 g/mol. The number of hydrogen-bond donors (Lipinski definition) is 1. The average Bonchev–Trinajstić information content (AvgIpc) is 3.14. The van der Waals surface area contributed by atoms with Gasteiger partial charge in [0.1, 0.15) is 0 Å². The molecule has 2 heterocycles. The standard InChI is InChI=1S/C13H20N4/c1-16-4-6-17(7-5-16)13-11(10-2-3-10)8-15-9-12(13)14/h8-10H,2-7,14H2,1H3. The molecule has 1 saturated carbocycles. The summed E-state index contributed by atoms with van der Waals surface area (Å²) in [5.41, 5.74) is 9.61. The van der Waals surface area contributed by atoms with Crippen molar-refractivity contribution in [3.63, 3.8) is 0 Å². The molecule has 2 fully saturated rings. The normalized spacial score (nSPS) is 21.8. The first kappa shape index (κ1) is 10.8. The highest BCUT2D eigenvalue weighted by Gasteiger charge is 2.30. The molecule has 0 unspecified atom stereocenters. The van der Waals surface area contributed by atoms with Crippen molar-refractivity contribution >= 4 is 11.4 Å². The van der Waals surface area contributed by atoms with Crippen molar-refractivity contribution in [2.75, 3.05) is 43.9 Å². The van der Waals surface area contributed by atoms with E-state index in [0.717, 1.165) is 31.9 Å². The van der Waals surface area contributed by atoms with Crippen LogP contribution in [-0.4, -0.2) is 43.1 Å². The quantitative estimate of drug-likeness (QED) is 0.834. The molecule has 17 heavy (non-hydrogen) atoms. The van der Waals surface area contributed by atoms with Crippen LogP contribution in [0.15, 0.2) is 12.4 Å². The fraction of sp³-hybridized carbons (Fsp3) is 0.615. The molecule has 2 aliphatic rings. The lowest BCUT2D eigenvalue weighted by Crippen LogP contribution is -2.45. The lowest BCUT2D eigenvalue weighted by molar-refractivity contribution is 0.312. The number of likely N-dealkylation sites (N-methyl/N-ethyl adjacent to an activating group) is 1. The van der Waals surface area contributed by atoms with E-state index < -0.39 is 0 Å². The third-order valence-corrected chi connectivity index (χ3v) is 3.81. The zero-order chi connectivity index (χ0) is 11.8. The molecule has 1 aromatic heterocycles. The third-order valence-electron chi connectivity index (χ3n) is 3.81. The zero-order valence-corrected chi connectivity index (χ0v) is 10.4. The number of nitrogen functional groups attached to an aromatic ring is 1. The van der Waals surface area contributed by atoms with Gasteiger partial charge in [-0.3, -0.25) is 4.98 Å². The maximum absolute atomic E-state index is 6.13. The highest BCUT2D eigenvalue weighted by atomic mass is 15.3. The Balaban J connectivity index is 1.90. The summed E-state index contributed by atoms with van der Waals surface area (Å²) in [6.45, 7) is 4.38. The molecule has 4 heteroatoms. The van der Waals surface area contributed by atoms with Gasteiger partial charge in [-0.15, -0.1) is 0 Å². The summed E-state index contributed by atoms with van der Waals surface area (Å²) in [7, 11) is 2.18. The van der Waals surface area contributed by atoms with Gasteiger partial charge in [-0.2, -0.15) is 0 Å². The molecule has 0 amide bonds. The molecule has 4 nitrogen and oxygen atoms in total. The fourth-order valence-corrected chi connectivity index (χ4v) is 2.58. The maximum atomic E-state index is 6.13. The van der Waals surface area contributed by atoms with Crippen LogP contribution in [0, 0.1) is 0 Å². The molecule has 3 rings (SSSR count). The van der Waals surface area contributed by atoms with E-state index in [4.69, 9.17) is 5.73 Å². The number of nitrogens with two attached hydrogens (primary N) is 1. The zero-order valence-electron chi connectivity index (χ0n) is 10.4. The molecular formula is C13H20N4. The van der Waals surface area contributed by atoms with Crippen LogP contribution in [0.1, 0.15) is 24.3 Å². The van der Waals surface area contributed by atoms with Gasteiger partial charge in [-0.05, 0) is 31.4 Å². The smallest absolute Gasteiger partial charge is 0.0741 e. The van der Waals surface area contributed by atoms with Crippen molar-refractivity contribution in [2.24, 2.45) is 0 Å². The Labute approximate surface area is 102 Å². The molecule has 0 aromatic carbocycles. The van der Waals surface area contributed by atoms with Crippen molar-refractivity contribution in [1.29, 1.82) is 0 Å². The summed E-state index contributed by atoms with van der Waals surface area (Å²) < 4.78 is 0. The van der Waals surface area contributed by atoms with Crippen molar-refractivity contribution < 1.29 is 0 Å². The highest BCUT2D eigenvalue weighted by Crippen LogP contribution is 2.45. The van der Waals surface area contributed by atoms with Crippen LogP contribution in [0.25, 0.3) is 0 Å². The van der Waals surface area contributed by atoms with Crippen molar-refractivity contribution in [3.8, 4) is 0 Å². The molecular weight excluding hydrogens is 212 g/mol. The Hall–Kier alpha value is -1.29. The summed E-state index contributed by atoms with van der Waals surface area (Å²) in [5, 5.41) is 0. The van der Waals surface area contributed by atoms with Crippen molar-refractivity contribution in [3.05, 3.63) is 18.0 Å². The SMILES string of the molecule is CN1CCN(c2c(N)cncc2C2CC2)CC1. The number of aromatic nitrogens is 1. The summed E-state index contributed by atoms with van der Waals surface area (Å²) in [6.07, 6.45) is 6.40. The van der Waals surface area contributed by atoms with Crippen LogP contribution >= 0.6 is 0 Å². The van der Waals surface area contributed by atoms with Gasteiger partial charge < -0.3 is 15.5 Å². The number of pyridine rings is 1. The number of anilines is 2. The Morgan fingerprint density at radius 3 is 2.53 bits per heavy atom. The van der Waals surface area contributed by atoms with Crippen molar-refractivity contribution in [2.45, 2.75) is 18.8 Å². The fourth-order valence-electron chi connectivity index (χ4n) is 2.58. The summed E-state index contributed by atoms with van der Waals surface area (Å²) in [6, 6.07) is 0. The van der Waals surface area contributed by atoms with Crippen LogP contribution in [0.4, 0.5) is 11.4 Å². The lowest BCUT2D eigenvalue weighted by Gasteiger charge is -2.35. The van der Waals surface area contributed by atoms with Crippen LogP contribution in [-0.2, 0) is 0 Å². The van der Waals surface area contributed by atoms with E-state index in [9.17, 15) is 0 Å². The topological polar surface area (TPSA) is 45.4 Å². The minimum absolute atomic E-state index is 0.709. The molecule has 92 valence electrons. The van der Waals surface area contributed by atoms with Crippen molar-refractivity contribution in [1.82, 2.24) is 9.88 Å². The van der Waals surface area contributed by atoms with Gasteiger partial charge in [-0.1, -0.05) is 0 Å². The Morgan fingerprint density at radius 2 is 1.88 bits per heavy atom. The Bertz CT molecular complexity index is 406. The van der Waals surface area contributed by atoms with Gasteiger partial charge in [0.2, 0.25) is 0 Å². The number of piperazine rings is 1. The summed E-state index contributed by atoms with van der Waals surface area (Å²) >= 11 is 0. The van der Waals surface area contributed by atoms with Gasteiger partial charge in [0.15, 0.2) is 0 Å². The second kappa shape index (κ2) is 4.18. The molecule has 1 aliphatic carbocycles. The van der Waals surface area contributed by atoms with Crippen LogP contribution in [0.3, 0.4) is 0 Å². The van der Waals surface area contributed by atoms with E-state index in [1.54, 1.807) is 6.20 Å². The first-order valence-corrected chi connectivity index (χ1v) is 6.42. The van der Waals surface area contributed by atoms with Crippen LogP contribution < -0.4 is 10.6 Å². The summed E-state index contributed by atoms with van der Waals surface area (Å²) in [4.78, 5) is 9.05. The van der Waals surface area contributed by atoms with Gasteiger partial charge in [0.05, 0.1) is 17.6 Å². The molecule has 1 aromatic rings. The predicted octanol–water partition coefficient (Wildman–Crippen LogP) is 1.29. The minimum Gasteiger partial charge on any atom is -0.396 e. The van der Waals surface area contributed by atoms with E-state index in [1.165, 1.54) is 24.1 Å². The lowest BCUT2D eigenvalue weighted by atomic mass is 10.1. The van der Waals surface area contributed by atoms with E-state index in [0.29, 0.717) is 5.92 Å². The first-order chi connectivity index (χ1) is 8.25. The molecule has 0 spiro atoms. The van der Waals surface area contributed by atoms with Gasteiger partial charge in [0.25, 0.3) is 0 Å². The molecule has 2 N–H and O–H groups in total. The average molecular weight is 232 g/mol. The second-order valence-corrected chi connectivity index (χ2v) is 5.23. The van der Waals surface area contributed by atoms with Gasteiger partial charge in [-0.25, -0.2) is 0 Å². The predicted molar refractivity (Wildman–Crippen MR) is 70.3 cm³/mol. The number of rotatable bonds is 2. The second-order valence-electron chi connectivity index (χ2n) is 5.23. The van der Waals surface area contributed by atoms with Gasteiger partial charge in [0, 0.05) is 32.4 Å². The summed E-state index contributed by atoms with van der Waals surface area (Å²) in [5.74, 6) is 0.709. The maximum Gasteiger partial charge on any atom is 0.0741 e. The van der Waals surface area contributed by atoms with E-state index in [-0.39, 0.29) is 0 Å². The van der Waals surface area contributed by atoms with Crippen LogP contribution in [0.5, 0.6) is 0 Å². The molecule has 0 radical (unpaired) electrons. The number of hydrogen-bond acceptors (Lipinski definition) is 4. The molecule has 0 atom stereocenters. The van der Waals surface area contributed by atoms with E-state index in [1.807, 2.05) is 6.20 Å². The largest absolute Gasteiger partial charge is 0.396 e. The van der Waals surface area contributed by atoms with E-state index >= 15 is 0 Å². The van der Waals surface area contributed by atoms with E-state index in [2.05, 4.69) is 21.8 Å². The Kier molecular flexibility index (Phi) is 2.67. The first-order valence-electron chi connectivity index (χ1n) is 6.42. The molecule has 1 saturated heterocycles.